The van der Waals surface area contributed by atoms with Crippen LogP contribution in [0.4, 0.5) is 5.69 Å². The van der Waals surface area contributed by atoms with E-state index >= 15 is 0 Å². The van der Waals surface area contributed by atoms with Crippen LogP contribution >= 0.6 is 0 Å². The maximum atomic E-state index is 12.4. The summed E-state index contributed by atoms with van der Waals surface area (Å²) >= 11 is 0. The van der Waals surface area contributed by atoms with Gasteiger partial charge in [-0.15, -0.1) is 0 Å². The quantitative estimate of drug-likeness (QED) is 0.747. The Labute approximate surface area is 141 Å². The van der Waals surface area contributed by atoms with E-state index in [-0.39, 0.29) is 5.91 Å². The van der Waals surface area contributed by atoms with E-state index in [1.54, 1.807) is 0 Å². The molecule has 0 unspecified atom stereocenters. The molecule has 3 aromatic rings. The van der Waals surface area contributed by atoms with Crippen molar-refractivity contribution in [2.24, 2.45) is 0 Å². The summed E-state index contributed by atoms with van der Waals surface area (Å²) < 4.78 is 0. The normalized spacial score (nSPS) is 10.6. The van der Waals surface area contributed by atoms with E-state index in [4.69, 9.17) is 0 Å². The van der Waals surface area contributed by atoms with Crippen LogP contribution < -0.4 is 5.32 Å². The maximum absolute atomic E-state index is 12.4. The molecule has 0 aliphatic rings. The Kier molecular flexibility index (Phi) is 4.70. The molecule has 0 aliphatic heterocycles. The van der Waals surface area contributed by atoms with Gasteiger partial charge in [0.15, 0.2) is 5.82 Å². The number of rotatable bonds is 5. The van der Waals surface area contributed by atoms with Crippen molar-refractivity contribution < 1.29 is 4.79 Å². The molecule has 0 aliphatic carbocycles. The predicted octanol–water partition coefficient (Wildman–Crippen LogP) is 3.98. The molecule has 1 heterocycles. The first kappa shape index (κ1) is 15.9. The van der Waals surface area contributed by atoms with Crippen molar-refractivity contribution in [2.75, 3.05) is 5.32 Å². The van der Waals surface area contributed by atoms with Crippen molar-refractivity contribution in [3.63, 3.8) is 0 Å². The Hall–Kier alpha value is -2.95. The van der Waals surface area contributed by atoms with E-state index in [0.717, 1.165) is 29.9 Å². The summed E-state index contributed by atoms with van der Waals surface area (Å²) in [6.07, 6.45) is 2.12. The Morgan fingerprint density at radius 3 is 2.62 bits per heavy atom. The van der Waals surface area contributed by atoms with Gasteiger partial charge < -0.3 is 5.32 Å². The van der Waals surface area contributed by atoms with Crippen LogP contribution in [0.5, 0.6) is 0 Å². The molecule has 0 bridgehead atoms. The van der Waals surface area contributed by atoms with Crippen LogP contribution in [0.25, 0.3) is 11.4 Å². The number of carbonyl (C=O) groups excluding carboxylic acids is 1. The molecule has 1 aromatic heterocycles. The van der Waals surface area contributed by atoms with Crippen LogP contribution in [0.3, 0.4) is 0 Å². The fourth-order valence-electron chi connectivity index (χ4n) is 2.52. The van der Waals surface area contributed by atoms with Crippen molar-refractivity contribution in [1.29, 1.82) is 0 Å². The number of hydrogen-bond donors (Lipinski definition) is 2. The molecule has 0 saturated carbocycles. The van der Waals surface area contributed by atoms with Crippen LogP contribution in [0, 0.1) is 6.92 Å². The lowest BCUT2D eigenvalue weighted by atomic mass is 10.1. The Balaban J connectivity index is 1.74. The number of amides is 1. The van der Waals surface area contributed by atoms with E-state index in [2.05, 4.69) is 27.4 Å². The summed E-state index contributed by atoms with van der Waals surface area (Å²) in [5.74, 6) is 1.25. The van der Waals surface area contributed by atoms with Gasteiger partial charge in [-0.2, -0.15) is 5.10 Å². The molecular weight excluding hydrogens is 300 g/mol. The van der Waals surface area contributed by atoms with E-state index in [0.29, 0.717) is 11.4 Å². The SMILES string of the molecule is CCCc1ccc(C(=O)Nc2cccc(-c3n[nH]c(C)n3)c2)cc1. The van der Waals surface area contributed by atoms with Crippen LogP contribution in [-0.4, -0.2) is 21.1 Å². The van der Waals surface area contributed by atoms with E-state index in [1.165, 1.54) is 5.56 Å². The summed E-state index contributed by atoms with van der Waals surface area (Å²) in [7, 11) is 0. The molecule has 24 heavy (non-hydrogen) atoms. The maximum Gasteiger partial charge on any atom is 0.255 e. The second-order valence-corrected chi connectivity index (χ2v) is 5.73. The number of aromatic nitrogens is 3. The van der Waals surface area contributed by atoms with Gasteiger partial charge in [-0.1, -0.05) is 37.6 Å². The van der Waals surface area contributed by atoms with Crippen LogP contribution in [0.1, 0.15) is 35.1 Å². The van der Waals surface area contributed by atoms with Gasteiger partial charge >= 0.3 is 0 Å². The lowest BCUT2D eigenvalue weighted by molar-refractivity contribution is 0.102. The number of hydrogen-bond acceptors (Lipinski definition) is 3. The number of nitrogens with zero attached hydrogens (tertiary/aromatic N) is 2. The summed E-state index contributed by atoms with van der Waals surface area (Å²) in [5.41, 5.74) is 3.47. The fourth-order valence-corrected chi connectivity index (χ4v) is 2.52. The average Bonchev–Trinajstić information content (AvgIpc) is 3.03. The lowest BCUT2D eigenvalue weighted by Gasteiger charge is -2.07. The van der Waals surface area contributed by atoms with Gasteiger partial charge in [-0.25, -0.2) is 4.98 Å². The average molecular weight is 320 g/mol. The Morgan fingerprint density at radius 1 is 1.17 bits per heavy atom. The van der Waals surface area contributed by atoms with E-state index in [9.17, 15) is 4.79 Å². The summed E-state index contributed by atoms with van der Waals surface area (Å²) in [5, 5.41) is 9.89. The zero-order chi connectivity index (χ0) is 16.9. The highest BCUT2D eigenvalue weighted by atomic mass is 16.1. The molecule has 5 heteroatoms. The molecule has 0 saturated heterocycles. The first-order valence-corrected chi connectivity index (χ1v) is 8.05. The van der Waals surface area contributed by atoms with Crippen molar-refractivity contribution in [1.82, 2.24) is 15.2 Å². The van der Waals surface area contributed by atoms with Crippen LogP contribution in [0.15, 0.2) is 48.5 Å². The molecule has 2 N–H and O–H groups in total. The third kappa shape index (κ3) is 3.68. The molecule has 122 valence electrons. The van der Waals surface area contributed by atoms with Crippen molar-refractivity contribution >= 4 is 11.6 Å². The Morgan fingerprint density at radius 2 is 1.96 bits per heavy atom. The van der Waals surface area contributed by atoms with Gasteiger partial charge in [0, 0.05) is 16.8 Å². The monoisotopic (exact) mass is 320 g/mol. The van der Waals surface area contributed by atoms with Gasteiger partial charge in [0.05, 0.1) is 0 Å². The van der Waals surface area contributed by atoms with Crippen molar-refractivity contribution in [3.8, 4) is 11.4 Å². The first-order chi connectivity index (χ1) is 11.7. The van der Waals surface area contributed by atoms with Crippen molar-refractivity contribution in [2.45, 2.75) is 26.7 Å². The number of aromatic amines is 1. The highest BCUT2D eigenvalue weighted by Crippen LogP contribution is 2.20. The highest BCUT2D eigenvalue weighted by Gasteiger charge is 2.08. The molecule has 0 radical (unpaired) electrons. The summed E-state index contributed by atoms with van der Waals surface area (Å²) in [6.45, 7) is 3.99. The lowest BCUT2D eigenvalue weighted by Crippen LogP contribution is -2.11. The third-order valence-electron chi connectivity index (χ3n) is 3.73. The number of aryl methyl sites for hydroxylation is 2. The minimum atomic E-state index is -0.124. The van der Waals surface area contributed by atoms with E-state index < -0.39 is 0 Å². The molecule has 1 amide bonds. The van der Waals surface area contributed by atoms with Crippen LogP contribution in [0.2, 0.25) is 0 Å². The smallest absolute Gasteiger partial charge is 0.255 e. The number of nitrogens with one attached hydrogen (secondary N) is 2. The second kappa shape index (κ2) is 7.08. The highest BCUT2D eigenvalue weighted by molar-refractivity contribution is 6.04. The zero-order valence-corrected chi connectivity index (χ0v) is 13.8. The predicted molar refractivity (Wildman–Crippen MR) is 94.9 cm³/mol. The second-order valence-electron chi connectivity index (χ2n) is 5.73. The largest absolute Gasteiger partial charge is 0.322 e. The van der Waals surface area contributed by atoms with Crippen LogP contribution in [-0.2, 0) is 6.42 Å². The standard InChI is InChI=1S/C19H20N4O/c1-3-5-14-8-10-15(11-9-14)19(24)21-17-7-4-6-16(12-17)18-20-13(2)22-23-18/h4,6-12H,3,5H2,1-2H3,(H,21,24)(H,20,22,23). The van der Waals surface area contributed by atoms with Gasteiger partial charge in [0.1, 0.15) is 5.82 Å². The molecule has 2 aromatic carbocycles. The number of carbonyl (C=O) groups is 1. The third-order valence-corrected chi connectivity index (χ3v) is 3.73. The summed E-state index contributed by atoms with van der Waals surface area (Å²) in [6, 6.07) is 15.2. The van der Waals surface area contributed by atoms with Crippen molar-refractivity contribution in [3.05, 3.63) is 65.5 Å². The molecule has 3 rings (SSSR count). The molecule has 0 fully saturated rings. The molecular formula is C19H20N4O. The first-order valence-electron chi connectivity index (χ1n) is 8.05. The van der Waals surface area contributed by atoms with Gasteiger partial charge in [0.25, 0.3) is 5.91 Å². The number of H-pyrrole nitrogens is 1. The molecule has 0 spiro atoms. The minimum Gasteiger partial charge on any atom is -0.322 e. The van der Waals surface area contributed by atoms with Gasteiger partial charge in [0.2, 0.25) is 0 Å². The zero-order valence-electron chi connectivity index (χ0n) is 13.8. The fraction of sp³-hybridized carbons (Fsp3) is 0.211. The van der Waals surface area contributed by atoms with Gasteiger partial charge in [-0.05, 0) is 43.2 Å². The van der Waals surface area contributed by atoms with Gasteiger partial charge in [-0.3, -0.25) is 9.89 Å². The summed E-state index contributed by atoms with van der Waals surface area (Å²) in [4.78, 5) is 16.7. The topological polar surface area (TPSA) is 70.7 Å². The number of benzene rings is 2. The Bertz CT molecular complexity index is 837. The van der Waals surface area contributed by atoms with E-state index in [1.807, 2.05) is 55.5 Å². The number of anilines is 1. The molecule has 5 nitrogen and oxygen atoms in total. The minimum absolute atomic E-state index is 0.124. The molecule has 0 atom stereocenters.